The molecule has 0 amide bonds. The molecule has 2 nitrogen and oxygen atoms in total. The zero-order valence-electron chi connectivity index (χ0n) is 10.8. The van der Waals surface area contributed by atoms with Gasteiger partial charge in [-0.2, -0.15) is 0 Å². The summed E-state index contributed by atoms with van der Waals surface area (Å²) in [6, 6.07) is 12.0. The number of rotatable bonds is 5. The van der Waals surface area contributed by atoms with E-state index in [2.05, 4.69) is 38.5 Å². The second kappa shape index (κ2) is 7.52. The topological polar surface area (TPSA) is 18.5 Å². The van der Waals surface area contributed by atoms with Crippen molar-refractivity contribution in [3.8, 4) is 11.5 Å². The second-order valence-corrected chi connectivity index (χ2v) is 6.37. The van der Waals surface area contributed by atoms with Crippen LogP contribution >= 0.6 is 50.1 Å². The van der Waals surface area contributed by atoms with Crippen molar-refractivity contribution in [3.63, 3.8) is 0 Å². The second-order valence-electron chi connectivity index (χ2n) is 4.16. The van der Waals surface area contributed by atoms with Crippen LogP contribution in [0.25, 0.3) is 0 Å². The summed E-state index contributed by atoms with van der Waals surface area (Å²) in [5.74, 6) is 1.23. The molecular formula is C15H13BrClIO2. The van der Waals surface area contributed by atoms with Crippen LogP contribution in [0.1, 0.15) is 11.1 Å². The van der Waals surface area contributed by atoms with Crippen LogP contribution < -0.4 is 9.47 Å². The molecule has 0 bridgehead atoms. The predicted molar refractivity (Wildman–Crippen MR) is 94.1 cm³/mol. The molecule has 5 heteroatoms. The molecule has 0 aliphatic heterocycles. The number of benzene rings is 2. The maximum Gasteiger partial charge on any atom is 0.180 e. The number of alkyl halides is 1. The van der Waals surface area contributed by atoms with Gasteiger partial charge in [0.1, 0.15) is 6.61 Å². The van der Waals surface area contributed by atoms with E-state index in [-0.39, 0.29) is 0 Å². The maximum atomic E-state index is 6.26. The third-order valence-corrected chi connectivity index (χ3v) is 4.39. The number of hydrogen-bond donors (Lipinski definition) is 0. The average molecular weight is 468 g/mol. The first-order valence-corrected chi connectivity index (χ1v) is 8.51. The standard InChI is InChI=1S/C15H13BrClIO2/c1-19-14-7-11(8-16)6-13(17)15(14)20-9-10-2-4-12(18)5-3-10/h2-7H,8-9H2,1H3. The molecule has 0 saturated carbocycles. The van der Waals surface area contributed by atoms with Gasteiger partial charge in [-0.3, -0.25) is 0 Å². The predicted octanol–water partition coefficient (Wildman–Crippen LogP) is 5.43. The lowest BCUT2D eigenvalue weighted by molar-refractivity contribution is 0.284. The van der Waals surface area contributed by atoms with E-state index in [0.29, 0.717) is 23.1 Å². The molecule has 0 atom stereocenters. The zero-order valence-corrected chi connectivity index (χ0v) is 15.3. The minimum absolute atomic E-state index is 0.459. The minimum Gasteiger partial charge on any atom is -0.493 e. The van der Waals surface area contributed by atoms with Gasteiger partial charge in [-0.15, -0.1) is 0 Å². The lowest BCUT2D eigenvalue weighted by Crippen LogP contribution is -1.99. The zero-order chi connectivity index (χ0) is 14.5. The van der Waals surface area contributed by atoms with Crippen molar-refractivity contribution in [3.05, 3.63) is 56.1 Å². The van der Waals surface area contributed by atoms with Crippen LogP contribution in [0.15, 0.2) is 36.4 Å². The van der Waals surface area contributed by atoms with E-state index in [9.17, 15) is 0 Å². The molecule has 0 unspecified atom stereocenters. The Balaban J connectivity index is 2.18. The lowest BCUT2D eigenvalue weighted by Gasteiger charge is -2.13. The molecular weight excluding hydrogens is 454 g/mol. The van der Waals surface area contributed by atoms with Gasteiger partial charge in [-0.1, -0.05) is 39.7 Å². The number of halogens is 3. The molecule has 2 aromatic carbocycles. The molecule has 0 fully saturated rings. The van der Waals surface area contributed by atoms with Crippen molar-refractivity contribution < 1.29 is 9.47 Å². The van der Waals surface area contributed by atoms with E-state index >= 15 is 0 Å². The molecule has 2 aromatic rings. The molecule has 0 aliphatic carbocycles. The molecule has 20 heavy (non-hydrogen) atoms. The first-order valence-electron chi connectivity index (χ1n) is 5.93. The van der Waals surface area contributed by atoms with E-state index in [1.807, 2.05) is 36.4 Å². The van der Waals surface area contributed by atoms with Crippen LogP contribution in [0.3, 0.4) is 0 Å². The largest absolute Gasteiger partial charge is 0.493 e. The van der Waals surface area contributed by atoms with Crippen molar-refractivity contribution >= 4 is 50.1 Å². The molecule has 0 spiro atoms. The van der Waals surface area contributed by atoms with Crippen LogP contribution in [0.5, 0.6) is 11.5 Å². The van der Waals surface area contributed by atoms with Gasteiger partial charge in [0, 0.05) is 8.90 Å². The highest BCUT2D eigenvalue weighted by Gasteiger charge is 2.12. The van der Waals surface area contributed by atoms with E-state index in [1.165, 1.54) is 3.57 Å². The normalized spacial score (nSPS) is 10.4. The highest BCUT2D eigenvalue weighted by atomic mass is 127. The van der Waals surface area contributed by atoms with Gasteiger partial charge in [-0.25, -0.2) is 0 Å². The Morgan fingerprint density at radius 1 is 1.15 bits per heavy atom. The van der Waals surface area contributed by atoms with Crippen LogP contribution in [0, 0.1) is 3.57 Å². The van der Waals surface area contributed by atoms with Crippen molar-refractivity contribution in [1.29, 1.82) is 0 Å². The van der Waals surface area contributed by atoms with Crippen LogP contribution in [-0.4, -0.2) is 7.11 Å². The molecule has 106 valence electrons. The molecule has 0 N–H and O–H groups in total. The van der Waals surface area contributed by atoms with E-state index < -0.39 is 0 Å². The molecule has 0 saturated heterocycles. The third-order valence-electron chi connectivity index (χ3n) is 2.74. The summed E-state index contributed by atoms with van der Waals surface area (Å²) in [6.45, 7) is 0.459. The summed E-state index contributed by atoms with van der Waals surface area (Å²) in [7, 11) is 1.61. The molecule has 2 rings (SSSR count). The van der Waals surface area contributed by atoms with Gasteiger partial charge in [0.05, 0.1) is 12.1 Å². The average Bonchev–Trinajstić information content (AvgIpc) is 2.47. The summed E-state index contributed by atoms with van der Waals surface area (Å²) in [5, 5.41) is 1.28. The molecule has 0 radical (unpaired) electrons. The van der Waals surface area contributed by atoms with E-state index in [0.717, 1.165) is 16.5 Å². The van der Waals surface area contributed by atoms with Crippen LogP contribution in [-0.2, 0) is 11.9 Å². The summed E-state index contributed by atoms with van der Waals surface area (Å²) >= 11 is 11.9. The number of ether oxygens (including phenoxy) is 2. The summed E-state index contributed by atoms with van der Waals surface area (Å²) in [5.41, 5.74) is 2.14. The Bertz CT molecular complexity index is 587. The monoisotopic (exact) mass is 466 g/mol. The van der Waals surface area contributed by atoms with Crippen molar-refractivity contribution in [2.24, 2.45) is 0 Å². The smallest absolute Gasteiger partial charge is 0.180 e. The lowest BCUT2D eigenvalue weighted by atomic mass is 10.2. The molecule has 0 heterocycles. The Labute approximate surface area is 145 Å². The fraction of sp³-hybridized carbons (Fsp3) is 0.200. The minimum atomic E-state index is 0.459. The van der Waals surface area contributed by atoms with E-state index in [4.69, 9.17) is 21.1 Å². The van der Waals surface area contributed by atoms with Gasteiger partial charge in [0.15, 0.2) is 11.5 Å². The van der Waals surface area contributed by atoms with Crippen molar-refractivity contribution in [1.82, 2.24) is 0 Å². The van der Waals surface area contributed by atoms with Crippen LogP contribution in [0.2, 0.25) is 5.02 Å². The van der Waals surface area contributed by atoms with Gasteiger partial charge >= 0.3 is 0 Å². The Morgan fingerprint density at radius 3 is 2.45 bits per heavy atom. The summed E-state index contributed by atoms with van der Waals surface area (Å²) < 4.78 is 12.4. The van der Waals surface area contributed by atoms with Crippen molar-refractivity contribution in [2.75, 3.05) is 7.11 Å². The highest BCUT2D eigenvalue weighted by Crippen LogP contribution is 2.37. The highest BCUT2D eigenvalue weighted by molar-refractivity contribution is 14.1. The number of hydrogen-bond acceptors (Lipinski definition) is 2. The van der Waals surface area contributed by atoms with Gasteiger partial charge in [0.2, 0.25) is 0 Å². The molecule has 0 aromatic heterocycles. The first-order chi connectivity index (χ1) is 9.63. The Hall–Kier alpha value is -0.460. The van der Waals surface area contributed by atoms with Crippen LogP contribution in [0.4, 0.5) is 0 Å². The summed E-state index contributed by atoms with van der Waals surface area (Å²) in [6.07, 6.45) is 0. The maximum absolute atomic E-state index is 6.26. The van der Waals surface area contributed by atoms with Gasteiger partial charge in [0.25, 0.3) is 0 Å². The number of methoxy groups -OCH3 is 1. The fourth-order valence-corrected chi connectivity index (χ4v) is 2.70. The van der Waals surface area contributed by atoms with Crippen molar-refractivity contribution in [2.45, 2.75) is 11.9 Å². The molecule has 0 aliphatic rings. The van der Waals surface area contributed by atoms with Gasteiger partial charge < -0.3 is 9.47 Å². The SMILES string of the molecule is COc1cc(CBr)cc(Cl)c1OCc1ccc(I)cc1. The van der Waals surface area contributed by atoms with E-state index in [1.54, 1.807) is 7.11 Å². The first kappa shape index (κ1) is 15.9. The summed E-state index contributed by atoms with van der Waals surface area (Å²) in [4.78, 5) is 0. The Morgan fingerprint density at radius 2 is 1.85 bits per heavy atom. The Kier molecular flexibility index (Phi) is 5.99. The third kappa shape index (κ3) is 4.02. The van der Waals surface area contributed by atoms with Gasteiger partial charge in [-0.05, 0) is 58.0 Å². The quantitative estimate of drug-likeness (QED) is 0.432. The fourth-order valence-electron chi connectivity index (χ4n) is 1.73.